The van der Waals surface area contributed by atoms with Crippen LogP contribution in [0.3, 0.4) is 0 Å². The molecule has 0 aliphatic heterocycles. The van der Waals surface area contributed by atoms with Crippen LogP contribution >= 0.6 is 0 Å². The normalized spacial score (nSPS) is 11.7. The van der Waals surface area contributed by atoms with Crippen molar-refractivity contribution in [2.75, 3.05) is 5.43 Å². The van der Waals surface area contributed by atoms with E-state index in [0.717, 1.165) is 0 Å². The predicted molar refractivity (Wildman–Crippen MR) is 66.6 cm³/mol. The lowest BCUT2D eigenvalue weighted by Crippen LogP contribution is -2.22. The number of anilines is 1. The number of hydrogen-bond acceptors (Lipinski definition) is 6. The molecular formula is C10H6F4N6O2. The summed E-state index contributed by atoms with van der Waals surface area (Å²) in [6.07, 6.45) is -5.12. The molecule has 12 heteroatoms. The number of nitro groups is 1. The molecule has 0 bridgehead atoms. The van der Waals surface area contributed by atoms with E-state index in [2.05, 4.69) is 5.10 Å². The fraction of sp³-hybridized carbons (Fsp3) is 0.100. The van der Waals surface area contributed by atoms with Crippen LogP contribution in [0.5, 0.6) is 0 Å². The van der Waals surface area contributed by atoms with Crippen LogP contribution in [0.25, 0.3) is 0 Å². The summed E-state index contributed by atoms with van der Waals surface area (Å²) >= 11 is 0. The maximum Gasteiger partial charge on any atom is 0.419 e. The van der Waals surface area contributed by atoms with E-state index in [1.165, 1.54) is 6.07 Å². The second-order valence-electron chi connectivity index (χ2n) is 3.70. The van der Waals surface area contributed by atoms with Gasteiger partial charge in [0.05, 0.1) is 10.5 Å². The first-order chi connectivity index (χ1) is 10.1. The van der Waals surface area contributed by atoms with E-state index < -0.39 is 45.4 Å². The van der Waals surface area contributed by atoms with Crippen molar-refractivity contribution in [2.24, 2.45) is 10.8 Å². The third-order valence-corrected chi connectivity index (χ3v) is 2.24. The average Bonchev–Trinajstić information content (AvgIpc) is 2.37. The quantitative estimate of drug-likeness (QED) is 0.256. The fourth-order valence-corrected chi connectivity index (χ4v) is 1.28. The molecule has 1 aromatic rings. The Bertz CT molecular complexity index is 707. The number of nitrogens with one attached hydrogen (secondary N) is 2. The van der Waals surface area contributed by atoms with Gasteiger partial charge in [-0.2, -0.15) is 23.5 Å². The van der Waals surface area contributed by atoms with Crippen molar-refractivity contribution in [3.05, 3.63) is 33.6 Å². The molecule has 8 nitrogen and oxygen atoms in total. The molecule has 0 aliphatic rings. The Hall–Kier alpha value is -3.23. The second kappa shape index (κ2) is 6.04. The van der Waals surface area contributed by atoms with E-state index in [1.807, 2.05) is 5.43 Å². The van der Waals surface area contributed by atoms with Gasteiger partial charge >= 0.3 is 6.18 Å². The molecule has 0 fully saturated rings. The largest absolute Gasteiger partial charge is 0.419 e. The standard InChI is InChI=1S/C10H6F4N6O2/c11-5-2-6(18-19-7(3-15)9(16)17)8(20(21)22)1-4(5)10(12,13)14/h1-2,18H,(H3,16,17)/b19-7+. The highest BCUT2D eigenvalue weighted by molar-refractivity contribution is 6.45. The highest BCUT2D eigenvalue weighted by atomic mass is 19.4. The Morgan fingerprint density at radius 1 is 1.50 bits per heavy atom. The number of nitrogens with zero attached hydrogens (tertiary/aromatic N) is 3. The number of rotatable bonds is 4. The first-order valence-electron chi connectivity index (χ1n) is 5.21. The van der Waals surface area contributed by atoms with Crippen molar-refractivity contribution in [2.45, 2.75) is 6.18 Å². The van der Waals surface area contributed by atoms with Crippen molar-refractivity contribution >= 4 is 22.9 Å². The summed E-state index contributed by atoms with van der Waals surface area (Å²) in [6, 6.07) is 1.57. The van der Waals surface area contributed by atoms with Gasteiger partial charge < -0.3 is 5.73 Å². The van der Waals surface area contributed by atoms with Gasteiger partial charge in [0.2, 0.25) is 5.71 Å². The molecule has 1 rings (SSSR count). The van der Waals surface area contributed by atoms with Gasteiger partial charge in [-0.05, 0) is 0 Å². The van der Waals surface area contributed by atoms with Crippen molar-refractivity contribution in [3.63, 3.8) is 0 Å². The van der Waals surface area contributed by atoms with Gasteiger partial charge in [-0.25, -0.2) is 4.39 Å². The SMILES string of the molecule is N#C/C(=N\Nc1cc(F)c(C(F)(F)F)cc1[N+](=O)[O-])C(=N)N. The number of hydrazone groups is 1. The lowest BCUT2D eigenvalue weighted by atomic mass is 10.1. The third kappa shape index (κ3) is 3.66. The maximum absolute atomic E-state index is 13.4. The van der Waals surface area contributed by atoms with Crippen LogP contribution in [-0.2, 0) is 6.18 Å². The lowest BCUT2D eigenvalue weighted by molar-refractivity contribution is -0.384. The van der Waals surface area contributed by atoms with Gasteiger partial charge in [-0.1, -0.05) is 0 Å². The minimum atomic E-state index is -5.12. The highest BCUT2D eigenvalue weighted by Crippen LogP contribution is 2.37. The zero-order chi connectivity index (χ0) is 17.1. The summed E-state index contributed by atoms with van der Waals surface area (Å²) < 4.78 is 50.9. The van der Waals surface area contributed by atoms with Gasteiger partial charge in [0, 0.05) is 12.1 Å². The summed E-state index contributed by atoms with van der Waals surface area (Å²) in [4.78, 5) is 9.57. The third-order valence-electron chi connectivity index (χ3n) is 2.24. The molecule has 4 N–H and O–H groups in total. The highest BCUT2D eigenvalue weighted by Gasteiger charge is 2.37. The number of nitrogens with two attached hydrogens (primary N) is 1. The number of amidine groups is 1. The number of benzene rings is 1. The summed E-state index contributed by atoms with van der Waals surface area (Å²) in [6.45, 7) is 0. The first kappa shape index (κ1) is 16.8. The second-order valence-corrected chi connectivity index (χ2v) is 3.70. The Labute approximate surface area is 119 Å². The van der Waals surface area contributed by atoms with E-state index in [1.54, 1.807) is 0 Å². The van der Waals surface area contributed by atoms with Crippen LogP contribution in [0.4, 0.5) is 28.9 Å². The monoisotopic (exact) mass is 318 g/mol. The number of halogens is 4. The Morgan fingerprint density at radius 3 is 2.50 bits per heavy atom. The predicted octanol–water partition coefficient (Wildman–Crippen LogP) is 1.98. The van der Waals surface area contributed by atoms with Crippen molar-refractivity contribution in [1.82, 2.24) is 0 Å². The molecule has 0 aliphatic carbocycles. The summed E-state index contributed by atoms with van der Waals surface area (Å²) in [7, 11) is 0. The summed E-state index contributed by atoms with van der Waals surface area (Å²) in [5.74, 6) is -2.55. The van der Waals surface area contributed by atoms with Crippen LogP contribution in [0, 0.1) is 32.7 Å². The molecule has 0 atom stereocenters. The molecule has 0 saturated heterocycles. The molecule has 0 radical (unpaired) electrons. The van der Waals surface area contributed by atoms with Crippen LogP contribution in [0.15, 0.2) is 17.2 Å². The molecule has 0 spiro atoms. The van der Waals surface area contributed by atoms with Crippen molar-refractivity contribution in [1.29, 1.82) is 10.7 Å². The van der Waals surface area contributed by atoms with Gasteiger partial charge in [0.15, 0.2) is 5.84 Å². The Balaban J connectivity index is 3.38. The topological polar surface area (TPSA) is 141 Å². The zero-order valence-corrected chi connectivity index (χ0v) is 10.4. The lowest BCUT2D eigenvalue weighted by Gasteiger charge is -2.10. The minimum Gasteiger partial charge on any atom is -0.382 e. The number of alkyl halides is 3. The molecule has 22 heavy (non-hydrogen) atoms. The molecular weight excluding hydrogens is 312 g/mol. The van der Waals surface area contributed by atoms with E-state index in [4.69, 9.17) is 16.4 Å². The molecule has 0 amide bonds. The van der Waals surface area contributed by atoms with E-state index in [-0.39, 0.29) is 12.1 Å². The Kier molecular flexibility index (Phi) is 4.62. The van der Waals surface area contributed by atoms with E-state index in [9.17, 15) is 27.7 Å². The van der Waals surface area contributed by atoms with Gasteiger partial charge in [0.1, 0.15) is 17.6 Å². The molecule has 1 aromatic carbocycles. The molecule has 0 aromatic heterocycles. The first-order valence-corrected chi connectivity index (χ1v) is 5.21. The minimum absolute atomic E-state index is 0.00694. The number of hydrogen-bond donors (Lipinski definition) is 3. The van der Waals surface area contributed by atoms with Crippen LogP contribution in [0.1, 0.15) is 5.56 Å². The van der Waals surface area contributed by atoms with Crippen LogP contribution < -0.4 is 11.2 Å². The van der Waals surface area contributed by atoms with Crippen LogP contribution in [-0.4, -0.2) is 16.5 Å². The van der Waals surface area contributed by atoms with Crippen molar-refractivity contribution < 1.29 is 22.5 Å². The molecule has 0 saturated carbocycles. The summed E-state index contributed by atoms with van der Waals surface area (Å²) in [5, 5.41) is 29.4. The number of nitriles is 1. The number of nitro benzene ring substituents is 1. The van der Waals surface area contributed by atoms with Crippen LogP contribution in [0.2, 0.25) is 0 Å². The average molecular weight is 318 g/mol. The smallest absolute Gasteiger partial charge is 0.382 e. The molecule has 0 heterocycles. The maximum atomic E-state index is 13.4. The Morgan fingerprint density at radius 2 is 2.09 bits per heavy atom. The summed E-state index contributed by atoms with van der Waals surface area (Å²) in [5.41, 5.74) is 2.45. The van der Waals surface area contributed by atoms with Crippen molar-refractivity contribution in [3.8, 4) is 6.07 Å². The zero-order valence-electron chi connectivity index (χ0n) is 10.4. The van der Waals surface area contributed by atoms with Gasteiger partial charge in [-0.15, -0.1) is 0 Å². The van der Waals surface area contributed by atoms with Gasteiger partial charge in [0.25, 0.3) is 5.69 Å². The van der Waals surface area contributed by atoms with E-state index >= 15 is 0 Å². The molecule has 0 unspecified atom stereocenters. The molecule has 116 valence electrons. The van der Waals surface area contributed by atoms with Gasteiger partial charge in [-0.3, -0.25) is 20.9 Å². The van der Waals surface area contributed by atoms with E-state index in [0.29, 0.717) is 0 Å². The fourth-order valence-electron chi connectivity index (χ4n) is 1.28.